The van der Waals surface area contributed by atoms with Crippen molar-refractivity contribution >= 4 is 21.6 Å². The van der Waals surface area contributed by atoms with Gasteiger partial charge in [-0.25, -0.2) is 8.42 Å². The minimum Gasteiger partial charge on any atom is -0.349 e. The first kappa shape index (κ1) is 16.3. The maximum Gasteiger partial charge on any atom is 0.229 e. The summed E-state index contributed by atoms with van der Waals surface area (Å²) in [6.45, 7) is 1.90. The summed E-state index contributed by atoms with van der Waals surface area (Å²) in [6.07, 6.45) is 5.77. The first-order valence-electron chi connectivity index (χ1n) is 8.20. The van der Waals surface area contributed by atoms with Gasteiger partial charge in [-0.3, -0.25) is 9.52 Å². The van der Waals surface area contributed by atoms with Crippen molar-refractivity contribution in [3.8, 4) is 0 Å². The number of fused-ring (bicyclic) bond motifs is 2. The third kappa shape index (κ3) is 3.68. The molecule has 2 N–H and O–H groups in total. The quantitative estimate of drug-likeness (QED) is 0.868. The molecule has 1 aromatic rings. The third-order valence-electron chi connectivity index (χ3n) is 5.16. The van der Waals surface area contributed by atoms with Gasteiger partial charge in [-0.05, 0) is 49.7 Å². The van der Waals surface area contributed by atoms with Gasteiger partial charge in [-0.2, -0.15) is 0 Å². The van der Waals surface area contributed by atoms with Crippen LogP contribution in [0.25, 0.3) is 0 Å². The summed E-state index contributed by atoms with van der Waals surface area (Å²) in [7, 11) is -3.35. The summed E-state index contributed by atoms with van der Waals surface area (Å²) in [5, 5.41) is 3.08. The molecule has 2 aliphatic carbocycles. The third-order valence-corrected chi connectivity index (χ3v) is 5.75. The van der Waals surface area contributed by atoms with Crippen molar-refractivity contribution in [2.24, 2.45) is 17.8 Å². The number of hydrogen-bond acceptors (Lipinski definition) is 3. The van der Waals surface area contributed by atoms with Gasteiger partial charge in [0.15, 0.2) is 0 Å². The second kappa shape index (κ2) is 6.15. The zero-order valence-electron chi connectivity index (χ0n) is 13.6. The number of sulfonamides is 1. The Morgan fingerprint density at radius 2 is 1.96 bits per heavy atom. The molecule has 4 atom stereocenters. The van der Waals surface area contributed by atoms with Crippen molar-refractivity contribution in [1.29, 1.82) is 0 Å². The summed E-state index contributed by atoms with van der Waals surface area (Å²) in [4.78, 5) is 12.6. The number of anilines is 1. The lowest BCUT2D eigenvalue weighted by Crippen LogP contribution is -2.35. The van der Waals surface area contributed by atoms with E-state index >= 15 is 0 Å². The van der Waals surface area contributed by atoms with E-state index in [1.807, 2.05) is 19.1 Å². The molecule has 0 heterocycles. The molecule has 6 heteroatoms. The molecule has 2 aliphatic rings. The predicted molar refractivity (Wildman–Crippen MR) is 90.4 cm³/mol. The van der Waals surface area contributed by atoms with Crippen LogP contribution in [0.4, 0.5) is 5.69 Å². The molecule has 2 saturated carbocycles. The fourth-order valence-corrected chi connectivity index (χ4v) is 4.72. The standard InChI is InChI=1S/C17H24N2O3S/c1-11(14-5-3-4-6-16(14)19-23(2,21)22)18-17(20)15-10-12-7-8-13(15)9-12/h3-6,11-13,15,19H,7-10H2,1-2H3,(H,18,20). The van der Waals surface area contributed by atoms with Gasteiger partial charge >= 0.3 is 0 Å². The summed E-state index contributed by atoms with van der Waals surface area (Å²) in [5.41, 5.74) is 1.31. The fourth-order valence-electron chi connectivity index (χ4n) is 4.13. The SMILES string of the molecule is CC(NC(=O)C1CC2CCC1C2)c1ccccc1NS(C)(=O)=O. The molecule has 0 radical (unpaired) electrons. The molecule has 0 saturated heterocycles. The number of nitrogens with one attached hydrogen (secondary N) is 2. The van der Waals surface area contributed by atoms with Gasteiger partial charge in [-0.15, -0.1) is 0 Å². The van der Waals surface area contributed by atoms with Crippen molar-refractivity contribution in [1.82, 2.24) is 5.32 Å². The van der Waals surface area contributed by atoms with Gasteiger partial charge in [0.25, 0.3) is 0 Å². The maximum atomic E-state index is 12.6. The van der Waals surface area contributed by atoms with Gasteiger partial charge in [0.2, 0.25) is 15.9 Å². The number of hydrogen-bond donors (Lipinski definition) is 2. The lowest BCUT2D eigenvalue weighted by molar-refractivity contribution is -0.127. The van der Waals surface area contributed by atoms with Crippen LogP contribution in [0.3, 0.4) is 0 Å². The van der Waals surface area contributed by atoms with Gasteiger partial charge in [0.1, 0.15) is 0 Å². The Morgan fingerprint density at radius 3 is 2.57 bits per heavy atom. The van der Waals surface area contributed by atoms with Crippen LogP contribution in [-0.4, -0.2) is 20.6 Å². The Hall–Kier alpha value is -1.56. The lowest BCUT2D eigenvalue weighted by Gasteiger charge is -2.24. The topological polar surface area (TPSA) is 75.3 Å². The van der Waals surface area contributed by atoms with E-state index in [4.69, 9.17) is 0 Å². The van der Waals surface area contributed by atoms with Crippen LogP contribution < -0.4 is 10.0 Å². The molecule has 1 aromatic carbocycles. The minimum absolute atomic E-state index is 0.110. The van der Waals surface area contributed by atoms with E-state index in [-0.39, 0.29) is 17.9 Å². The van der Waals surface area contributed by atoms with Crippen LogP contribution in [0.5, 0.6) is 0 Å². The van der Waals surface area contributed by atoms with E-state index in [0.29, 0.717) is 11.6 Å². The Kier molecular flexibility index (Phi) is 4.36. The van der Waals surface area contributed by atoms with Crippen LogP contribution in [0.1, 0.15) is 44.2 Å². The van der Waals surface area contributed by atoms with E-state index < -0.39 is 10.0 Å². The number of benzene rings is 1. The first-order chi connectivity index (χ1) is 10.8. The largest absolute Gasteiger partial charge is 0.349 e. The zero-order chi connectivity index (χ0) is 16.6. The van der Waals surface area contributed by atoms with E-state index in [1.54, 1.807) is 12.1 Å². The van der Waals surface area contributed by atoms with Crippen molar-refractivity contribution in [2.75, 3.05) is 11.0 Å². The molecule has 3 rings (SSSR count). The van der Waals surface area contributed by atoms with Crippen LogP contribution in [0.15, 0.2) is 24.3 Å². The fraction of sp³-hybridized carbons (Fsp3) is 0.588. The predicted octanol–water partition coefficient (Wildman–Crippen LogP) is 2.67. The monoisotopic (exact) mass is 336 g/mol. The number of para-hydroxylation sites is 1. The molecule has 2 bridgehead atoms. The molecule has 0 aliphatic heterocycles. The molecular weight excluding hydrogens is 312 g/mol. The molecule has 126 valence electrons. The summed E-state index contributed by atoms with van der Waals surface area (Å²) < 4.78 is 25.5. The summed E-state index contributed by atoms with van der Waals surface area (Å²) in [6, 6.07) is 6.97. The minimum atomic E-state index is -3.35. The molecule has 2 fully saturated rings. The number of amides is 1. The summed E-state index contributed by atoms with van der Waals surface area (Å²) >= 11 is 0. The van der Waals surface area contributed by atoms with Gasteiger partial charge in [-0.1, -0.05) is 24.6 Å². The van der Waals surface area contributed by atoms with E-state index in [9.17, 15) is 13.2 Å². The Balaban J connectivity index is 1.71. The van der Waals surface area contributed by atoms with Crippen molar-refractivity contribution in [3.05, 3.63) is 29.8 Å². The molecule has 1 amide bonds. The van der Waals surface area contributed by atoms with Crippen molar-refractivity contribution in [2.45, 2.75) is 38.6 Å². The summed E-state index contributed by atoms with van der Waals surface area (Å²) in [5.74, 6) is 1.51. The number of carbonyl (C=O) groups is 1. The highest BCUT2D eigenvalue weighted by atomic mass is 32.2. The Morgan fingerprint density at radius 1 is 1.22 bits per heavy atom. The molecule has 0 aromatic heterocycles. The molecule has 0 spiro atoms. The van der Waals surface area contributed by atoms with Crippen LogP contribution in [0, 0.1) is 17.8 Å². The highest BCUT2D eigenvalue weighted by Crippen LogP contribution is 2.48. The van der Waals surface area contributed by atoms with Gasteiger partial charge in [0, 0.05) is 5.92 Å². The highest BCUT2D eigenvalue weighted by Gasteiger charge is 2.43. The normalized spacial score (nSPS) is 27.7. The molecular formula is C17H24N2O3S. The van der Waals surface area contributed by atoms with E-state index in [2.05, 4.69) is 10.0 Å². The van der Waals surface area contributed by atoms with Crippen LogP contribution in [0.2, 0.25) is 0 Å². The zero-order valence-corrected chi connectivity index (χ0v) is 14.4. The smallest absolute Gasteiger partial charge is 0.229 e. The Bertz CT molecular complexity index is 702. The molecule has 4 unspecified atom stereocenters. The number of carbonyl (C=O) groups excluding carboxylic acids is 1. The van der Waals surface area contributed by atoms with Crippen LogP contribution >= 0.6 is 0 Å². The van der Waals surface area contributed by atoms with Gasteiger partial charge in [0.05, 0.1) is 18.0 Å². The number of rotatable bonds is 5. The Labute approximate surface area is 137 Å². The average Bonchev–Trinajstić information content (AvgIpc) is 3.08. The van der Waals surface area contributed by atoms with Gasteiger partial charge < -0.3 is 5.32 Å². The highest BCUT2D eigenvalue weighted by molar-refractivity contribution is 7.92. The van der Waals surface area contributed by atoms with Crippen molar-refractivity contribution in [3.63, 3.8) is 0 Å². The molecule has 5 nitrogen and oxygen atoms in total. The average molecular weight is 336 g/mol. The van der Waals surface area contributed by atoms with E-state index in [1.165, 1.54) is 19.3 Å². The van der Waals surface area contributed by atoms with E-state index in [0.717, 1.165) is 24.2 Å². The second-order valence-electron chi connectivity index (χ2n) is 6.97. The first-order valence-corrected chi connectivity index (χ1v) is 10.1. The second-order valence-corrected chi connectivity index (χ2v) is 8.72. The maximum absolute atomic E-state index is 12.6. The molecule has 23 heavy (non-hydrogen) atoms. The lowest BCUT2D eigenvalue weighted by atomic mass is 9.88. The van der Waals surface area contributed by atoms with Crippen molar-refractivity contribution < 1.29 is 13.2 Å². The van der Waals surface area contributed by atoms with Crippen LogP contribution in [-0.2, 0) is 14.8 Å².